The number of phenolic OH excluding ortho intramolecular Hbond substituents is 1. The van der Waals surface area contributed by atoms with Crippen LogP contribution in [0.4, 0.5) is 8.78 Å². The largest absolute Gasteiger partial charge is 0.507 e. The first-order chi connectivity index (χ1) is 19.1. The molecule has 218 valence electrons. The van der Waals surface area contributed by atoms with Crippen molar-refractivity contribution < 1.29 is 26.5 Å². The maximum Gasteiger partial charge on any atom is 0.354 e. The molecule has 0 aliphatic rings. The lowest BCUT2D eigenvalue weighted by Gasteiger charge is -2.19. The molecule has 4 aromatic rings. The predicted octanol–water partition coefficient (Wildman–Crippen LogP) is 5.19. The summed E-state index contributed by atoms with van der Waals surface area (Å²) in [6.07, 6.45) is 1.33. The Morgan fingerprint density at radius 2 is 1.80 bits per heavy atom. The van der Waals surface area contributed by atoms with Crippen LogP contribution in [0.3, 0.4) is 0 Å². The van der Waals surface area contributed by atoms with Crippen molar-refractivity contribution >= 4 is 21.2 Å². The molecule has 0 fully saturated rings. The van der Waals surface area contributed by atoms with Crippen molar-refractivity contribution in [3.63, 3.8) is 0 Å². The van der Waals surface area contributed by atoms with Gasteiger partial charge in [0.15, 0.2) is 11.5 Å². The lowest BCUT2D eigenvalue weighted by atomic mass is 9.99. The molecule has 1 aromatic carbocycles. The van der Waals surface area contributed by atoms with Crippen molar-refractivity contribution in [2.75, 3.05) is 12.4 Å². The van der Waals surface area contributed by atoms with Gasteiger partial charge in [-0.3, -0.25) is 9.17 Å². The van der Waals surface area contributed by atoms with Crippen LogP contribution in [0.25, 0.3) is 28.0 Å². The van der Waals surface area contributed by atoms with E-state index in [4.69, 9.17) is 4.18 Å². The van der Waals surface area contributed by atoms with E-state index in [-0.39, 0.29) is 35.7 Å². The molecule has 12 heteroatoms. The fraction of sp³-hybridized carbons (Fsp3) is 0.379. The minimum atomic E-state index is -4.01. The summed E-state index contributed by atoms with van der Waals surface area (Å²) in [6.45, 7) is 11.0. The number of nitrogens with zero attached hydrogens (tertiary/aromatic N) is 4. The van der Waals surface area contributed by atoms with Crippen LogP contribution in [0.5, 0.6) is 5.75 Å². The molecule has 0 aliphatic carbocycles. The molecule has 0 saturated heterocycles. The number of benzene rings is 1. The molecule has 0 radical (unpaired) electrons. The Morgan fingerprint density at radius 3 is 2.44 bits per heavy atom. The van der Waals surface area contributed by atoms with Crippen molar-refractivity contribution in [3.05, 3.63) is 75.6 Å². The Kier molecular flexibility index (Phi) is 8.28. The van der Waals surface area contributed by atoms with Crippen LogP contribution in [0.15, 0.2) is 41.3 Å². The van der Waals surface area contributed by atoms with Crippen molar-refractivity contribution in [1.82, 2.24) is 19.5 Å². The van der Waals surface area contributed by atoms with Crippen LogP contribution in [0, 0.1) is 24.0 Å². The highest BCUT2D eigenvalue weighted by atomic mass is 32.2. The summed E-state index contributed by atoms with van der Waals surface area (Å²) >= 11 is 0. The number of aryl methyl sites for hydroxylation is 2. The highest BCUT2D eigenvalue weighted by Crippen LogP contribution is 2.35. The first-order valence-electron chi connectivity index (χ1n) is 13.0. The fourth-order valence-electron chi connectivity index (χ4n) is 4.32. The van der Waals surface area contributed by atoms with Gasteiger partial charge in [-0.2, -0.15) is 13.4 Å². The molecule has 0 amide bonds. The summed E-state index contributed by atoms with van der Waals surface area (Å²) in [5.41, 5.74) is -0.750. The molecular formula is C29H32F2N4O5S. The summed E-state index contributed by atoms with van der Waals surface area (Å²) in [5.74, 6) is -3.10. The number of pyridine rings is 2. The summed E-state index contributed by atoms with van der Waals surface area (Å²) in [5, 5.41) is 10.4. The van der Waals surface area contributed by atoms with E-state index in [9.17, 15) is 22.7 Å². The van der Waals surface area contributed by atoms with Gasteiger partial charge in [-0.25, -0.2) is 23.1 Å². The zero-order valence-electron chi connectivity index (χ0n) is 23.7. The molecular weight excluding hydrogens is 554 g/mol. The summed E-state index contributed by atoms with van der Waals surface area (Å²) < 4.78 is 61.9. The summed E-state index contributed by atoms with van der Waals surface area (Å²) in [4.78, 5) is 26.5. The molecule has 0 bridgehead atoms. The zero-order valence-corrected chi connectivity index (χ0v) is 24.5. The van der Waals surface area contributed by atoms with Crippen molar-refractivity contribution in [1.29, 1.82) is 0 Å². The van der Waals surface area contributed by atoms with Gasteiger partial charge >= 0.3 is 5.69 Å². The van der Waals surface area contributed by atoms with Gasteiger partial charge in [0.05, 0.1) is 35.0 Å². The quantitative estimate of drug-likeness (QED) is 0.280. The number of halogens is 2. The van der Waals surface area contributed by atoms with E-state index in [1.807, 2.05) is 34.6 Å². The van der Waals surface area contributed by atoms with Gasteiger partial charge in [0, 0.05) is 18.0 Å². The van der Waals surface area contributed by atoms with Crippen LogP contribution in [-0.4, -0.2) is 45.4 Å². The monoisotopic (exact) mass is 586 g/mol. The van der Waals surface area contributed by atoms with E-state index >= 15 is 4.39 Å². The normalized spacial score (nSPS) is 12.4. The van der Waals surface area contributed by atoms with Crippen molar-refractivity contribution in [2.45, 2.75) is 53.9 Å². The molecule has 0 saturated carbocycles. The number of phenols is 1. The molecule has 0 spiro atoms. The number of hydrogen-bond donors (Lipinski definition) is 1. The van der Waals surface area contributed by atoms with Crippen LogP contribution in [0.1, 0.15) is 57.5 Å². The topological polar surface area (TPSA) is 124 Å². The smallest absolute Gasteiger partial charge is 0.354 e. The SMILES string of the molecule is Cc1ccnc(C(C)C)c1-n1c(=O)nc(CCS(=O)(=O)OCC(C)(C)C)c2cc(F)c(-c3c(O)cccc3F)nc21. The molecule has 0 aliphatic heterocycles. The lowest BCUT2D eigenvalue weighted by molar-refractivity contribution is 0.203. The highest BCUT2D eigenvalue weighted by molar-refractivity contribution is 7.86. The molecule has 1 N–H and O–H groups in total. The van der Waals surface area contributed by atoms with Gasteiger partial charge in [0.2, 0.25) is 0 Å². The van der Waals surface area contributed by atoms with Gasteiger partial charge in [-0.05, 0) is 48.1 Å². The van der Waals surface area contributed by atoms with Crippen LogP contribution in [-0.2, 0) is 20.7 Å². The van der Waals surface area contributed by atoms with Gasteiger partial charge < -0.3 is 5.11 Å². The molecule has 0 atom stereocenters. The Morgan fingerprint density at radius 1 is 1.10 bits per heavy atom. The Balaban J connectivity index is 2.00. The fourth-order valence-corrected chi connectivity index (χ4v) is 5.42. The minimum Gasteiger partial charge on any atom is -0.507 e. The average molecular weight is 587 g/mol. The van der Waals surface area contributed by atoms with E-state index in [0.29, 0.717) is 16.9 Å². The number of aromatic hydroxyl groups is 1. The second-order valence-electron chi connectivity index (χ2n) is 11.4. The Labute approximate surface area is 237 Å². The second kappa shape index (κ2) is 11.2. The summed E-state index contributed by atoms with van der Waals surface area (Å²) in [7, 11) is -4.01. The maximum absolute atomic E-state index is 15.6. The number of aromatic nitrogens is 4. The number of hydrogen-bond acceptors (Lipinski definition) is 8. The second-order valence-corrected chi connectivity index (χ2v) is 13.1. The molecule has 4 rings (SSSR count). The third-order valence-corrected chi connectivity index (χ3v) is 7.50. The molecule has 3 heterocycles. The Hall–Kier alpha value is -3.77. The van der Waals surface area contributed by atoms with Crippen LogP contribution < -0.4 is 5.69 Å². The molecule has 9 nitrogen and oxygen atoms in total. The van der Waals surface area contributed by atoms with Crippen LogP contribution >= 0.6 is 0 Å². The maximum atomic E-state index is 15.6. The van der Waals surface area contributed by atoms with Gasteiger partial charge in [-0.1, -0.05) is 40.7 Å². The number of fused-ring (bicyclic) bond motifs is 1. The molecule has 41 heavy (non-hydrogen) atoms. The highest BCUT2D eigenvalue weighted by Gasteiger charge is 2.25. The standard InChI is InChI=1S/C29H32F2N4O5S/c1-16(2)24-26(17(3)10-12-32-24)35-27-18(14-20(31)25(34-27)23-19(30)8-7-9-22(23)36)21(33-28(35)37)11-13-41(38,39)40-15-29(4,5)6/h7-10,12,14,16,36H,11,13,15H2,1-6H3. The lowest BCUT2D eigenvalue weighted by Crippen LogP contribution is -2.28. The van der Waals surface area contributed by atoms with Gasteiger partial charge in [-0.15, -0.1) is 0 Å². The van der Waals surface area contributed by atoms with Gasteiger partial charge in [0.25, 0.3) is 10.1 Å². The van der Waals surface area contributed by atoms with Crippen molar-refractivity contribution in [2.24, 2.45) is 5.41 Å². The zero-order chi connectivity index (χ0) is 30.3. The third-order valence-electron chi connectivity index (χ3n) is 6.31. The Bertz CT molecular complexity index is 1780. The molecule has 3 aromatic heterocycles. The van der Waals surface area contributed by atoms with E-state index < -0.39 is 55.6 Å². The van der Waals surface area contributed by atoms with Gasteiger partial charge in [0.1, 0.15) is 17.3 Å². The third kappa shape index (κ3) is 6.43. The van der Waals surface area contributed by atoms with E-state index in [1.165, 1.54) is 16.7 Å². The first kappa shape index (κ1) is 30.2. The van der Waals surface area contributed by atoms with E-state index in [2.05, 4.69) is 15.0 Å². The van der Waals surface area contributed by atoms with Crippen LogP contribution in [0.2, 0.25) is 0 Å². The summed E-state index contributed by atoms with van der Waals surface area (Å²) in [6, 6.07) is 6.22. The minimum absolute atomic E-state index is 0.0208. The predicted molar refractivity (Wildman–Crippen MR) is 152 cm³/mol. The van der Waals surface area contributed by atoms with E-state index in [0.717, 1.165) is 12.1 Å². The number of rotatable bonds is 8. The van der Waals surface area contributed by atoms with Crippen molar-refractivity contribution in [3.8, 4) is 22.7 Å². The first-order valence-corrected chi connectivity index (χ1v) is 14.6. The van der Waals surface area contributed by atoms with E-state index in [1.54, 1.807) is 19.2 Å². The average Bonchev–Trinajstić information content (AvgIpc) is 2.87. The molecule has 0 unspecified atom stereocenters.